The van der Waals surface area contributed by atoms with Gasteiger partial charge in [0.1, 0.15) is 0 Å². The van der Waals surface area contributed by atoms with E-state index in [1.165, 1.54) is 0 Å². The van der Waals surface area contributed by atoms with Gasteiger partial charge in [0, 0.05) is 29.9 Å². The molecule has 27 heavy (non-hydrogen) atoms. The van der Waals surface area contributed by atoms with Crippen LogP contribution < -0.4 is 10.3 Å². The van der Waals surface area contributed by atoms with Gasteiger partial charge in [0.2, 0.25) is 0 Å². The van der Waals surface area contributed by atoms with Crippen LogP contribution in [0.25, 0.3) is 11.0 Å². The zero-order valence-electron chi connectivity index (χ0n) is 14.4. The van der Waals surface area contributed by atoms with Crippen LogP contribution in [0.3, 0.4) is 0 Å². The number of rotatable bonds is 3. The fraction of sp³-hybridized carbons (Fsp3) is 0.200. The lowest BCUT2D eigenvalue weighted by Crippen LogP contribution is -2.40. The molecule has 1 aliphatic rings. The monoisotopic (exact) mass is 403 g/mol. The van der Waals surface area contributed by atoms with E-state index in [1.54, 1.807) is 48.4 Å². The number of benzene rings is 2. The molecule has 0 unspecified atom stereocenters. The van der Waals surface area contributed by atoms with Crippen LogP contribution >= 0.6 is 23.2 Å². The minimum Gasteiger partial charge on any atom is -0.449 e. The Labute approximate surface area is 165 Å². The van der Waals surface area contributed by atoms with Crippen molar-refractivity contribution in [2.45, 2.75) is 13.0 Å². The van der Waals surface area contributed by atoms with Gasteiger partial charge in [0.05, 0.1) is 22.6 Å². The molecule has 0 fully saturated rings. The third kappa shape index (κ3) is 3.02. The summed E-state index contributed by atoms with van der Waals surface area (Å²) >= 11 is 12.2. The summed E-state index contributed by atoms with van der Waals surface area (Å²) in [6.07, 6.45) is 0.390. The van der Waals surface area contributed by atoms with Gasteiger partial charge in [0.25, 0.3) is 5.91 Å². The number of anilines is 1. The number of fused-ring (bicyclic) bond motifs is 2. The van der Waals surface area contributed by atoms with Gasteiger partial charge in [-0.15, -0.1) is 0 Å². The Bertz CT molecular complexity index is 1120. The van der Waals surface area contributed by atoms with Crippen molar-refractivity contribution >= 4 is 45.8 Å². The molecule has 4 rings (SSSR count). The van der Waals surface area contributed by atoms with Gasteiger partial charge in [-0.25, -0.2) is 0 Å². The number of halogens is 2. The summed E-state index contributed by atoms with van der Waals surface area (Å²) in [5.41, 5.74) is 1.86. The summed E-state index contributed by atoms with van der Waals surface area (Å²) in [5, 5.41) is 1.23. The van der Waals surface area contributed by atoms with E-state index in [1.807, 2.05) is 0 Å². The smallest absolute Gasteiger partial charge is 0.294 e. The van der Waals surface area contributed by atoms with Crippen LogP contribution in [0.5, 0.6) is 0 Å². The maximum absolute atomic E-state index is 13.1. The van der Waals surface area contributed by atoms with E-state index in [0.717, 1.165) is 5.56 Å². The number of hydrogen-bond acceptors (Lipinski definition) is 4. The number of methoxy groups -OCH3 is 1. The van der Waals surface area contributed by atoms with E-state index in [9.17, 15) is 9.59 Å². The largest absolute Gasteiger partial charge is 0.449 e. The van der Waals surface area contributed by atoms with Crippen molar-refractivity contribution in [3.05, 3.63) is 73.6 Å². The normalized spacial score (nSPS) is 13.9. The number of carbonyl (C=O) groups excluding carboxylic acids is 1. The Hall–Kier alpha value is -2.34. The highest BCUT2D eigenvalue weighted by Gasteiger charge is 2.32. The molecule has 5 nitrogen and oxygen atoms in total. The molecule has 2 aromatic carbocycles. The van der Waals surface area contributed by atoms with E-state index in [4.69, 9.17) is 32.4 Å². The average molecular weight is 404 g/mol. The number of amides is 1. The van der Waals surface area contributed by atoms with Crippen molar-refractivity contribution in [1.82, 2.24) is 0 Å². The Balaban J connectivity index is 1.86. The van der Waals surface area contributed by atoms with Crippen molar-refractivity contribution in [3.63, 3.8) is 0 Å². The standard InChI is InChI=1S/C20H15Cl2NO4/c1-26-10-11-9-12(21)5-6-16(11)23-8-7-14-17(24)13-3-2-4-15(22)18(13)27-19(14)20(23)25/h2-6,9H,7-8,10H2,1H3. The Morgan fingerprint density at radius 2 is 2.00 bits per heavy atom. The van der Waals surface area contributed by atoms with Gasteiger partial charge in [-0.1, -0.05) is 29.3 Å². The van der Waals surface area contributed by atoms with Crippen molar-refractivity contribution < 1.29 is 13.9 Å². The molecule has 0 saturated heterocycles. The highest BCUT2D eigenvalue weighted by atomic mass is 35.5. The summed E-state index contributed by atoms with van der Waals surface area (Å²) < 4.78 is 11.0. The molecule has 3 aromatic rings. The molecule has 2 heterocycles. The van der Waals surface area contributed by atoms with Crippen molar-refractivity contribution in [2.75, 3.05) is 18.6 Å². The molecule has 0 spiro atoms. The maximum Gasteiger partial charge on any atom is 0.294 e. The van der Waals surface area contributed by atoms with Gasteiger partial charge in [0.15, 0.2) is 16.8 Å². The van der Waals surface area contributed by atoms with Gasteiger partial charge in [-0.2, -0.15) is 0 Å². The Morgan fingerprint density at radius 3 is 2.78 bits per heavy atom. The van der Waals surface area contributed by atoms with E-state index in [2.05, 4.69) is 0 Å². The first-order chi connectivity index (χ1) is 13.0. The van der Waals surface area contributed by atoms with E-state index < -0.39 is 0 Å². The number of nitrogens with zero attached hydrogens (tertiary/aromatic N) is 1. The van der Waals surface area contributed by atoms with Crippen LogP contribution in [-0.4, -0.2) is 19.6 Å². The predicted molar refractivity (Wildman–Crippen MR) is 105 cm³/mol. The zero-order chi connectivity index (χ0) is 19.1. The predicted octanol–water partition coefficient (Wildman–Crippen LogP) is 4.45. The lowest BCUT2D eigenvalue weighted by Gasteiger charge is -2.29. The number of hydrogen-bond donors (Lipinski definition) is 0. The SMILES string of the molecule is COCc1cc(Cl)ccc1N1CCc2c(oc3c(Cl)cccc3c2=O)C1=O. The molecule has 0 atom stereocenters. The molecular weight excluding hydrogens is 389 g/mol. The minimum atomic E-state index is -0.380. The lowest BCUT2D eigenvalue weighted by molar-refractivity contribution is 0.0951. The molecule has 0 bridgehead atoms. The molecule has 0 N–H and O–H groups in total. The molecular formula is C20H15Cl2NO4. The van der Waals surface area contributed by atoms with E-state index in [0.29, 0.717) is 46.3 Å². The molecule has 1 aliphatic heterocycles. The summed E-state index contributed by atoms with van der Waals surface area (Å²) in [6.45, 7) is 0.668. The van der Waals surface area contributed by atoms with E-state index in [-0.39, 0.29) is 22.7 Å². The van der Waals surface area contributed by atoms with Crippen molar-refractivity contribution in [3.8, 4) is 0 Å². The first-order valence-corrected chi connectivity index (χ1v) is 9.10. The first kappa shape index (κ1) is 18.0. The summed E-state index contributed by atoms with van der Waals surface area (Å²) in [5.74, 6) is -0.347. The Kier molecular flexibility index (Phi) is 4.68. The van der Waals surface area contributed by atoms with Crippen LogP contribution in [0.2, 0.25) is 10.0 Å². The minimum absolute atomic E-state index is 0.0326. The van der Waals surface area contributed by atoms with Gasteiger partial charge >= 0.3 is 0 Å². The zero-order valence-corrected chi connectivity index (χ0v) is 15.9. The third-order valence-electron chi connectivity index (χ3n) is 4.62. The van der Waals surface area contributed by atoms with Crippen molar-refractivity contribution in [2.24, 2.45) is 0 Å². The molecule has 1 aromatic heterocycles. The van der Waals surface area contributed by atoms with Crippen LogP contribution in [0.1, 0.15) is 21.7 Å². The average Bonchev–Trinajstić information content (AvgIpc) is 2.65. The quantitative estimate of drug-likeness (QED) is 0.647. The van der Waals surface area contributed by atoms with Gasteiger partial charge in [-0.05, 0) is 36.8 Å². The number of ether oxygens (including phenoxy) is 1. The number of carbonyl (C=O) groups is 1. The molecule has 1 amide bonds. The molecule has 0 aliphatic carbocycles. The third-order valence-corrected chi connectivity index (χ3v) is 5.15. The molecule has 138 valence electrons. The highest BCUT2D eigenvalue weighted by molar-refractivity contribution is 6.34. The van der Waals surface area contributed by atoms with Crippen LogP contribution in [-0.2, 0) is 17.8 Å². The summed E-state index contributed by atoms with van der Waals surface area (Å²) in [4.78, 5) is 27.5. The molecule has 0 radical (unpaired) electrons. The van der Waals surface area contributed by atoms with Gasteiger partial charge < -0.3 is 14.1 Å². The Morgan fingerprint density at radius 1 is 1.19 bits per heavy atom. The van der Waals surface area contributed by atoms with Gasteiger partial charge in [-0.3, -0.25) is 9.59 Å². The molecule has 0 saturated carbocycles. The second-order valence-corrected chi connectivity index (χ2v) is 7.11. The highest BCUT2D eigenvalue weighted by Crippen LogP contribution is 2.31. The summed E-state index contributed by atoms with van der Waals surface area (Å²) in [6, 6.07) is 10.2. The van der Waals surface area contributed by atoms with Crippen LogP contribution in [0.15, 0.2) is 45.6 Å². The van der Waals surface area contributed by atoms with Crippen LogP contribution in [0.4, 0.5) is 5.69 Å². The second-order valence-electron chi connectivity index (χ2n) is 6.27. The van der Waals surface area contributed by atoms with E-state index >= 15 is 0 Å². The topological polar surface area (TPSA) is 59.8 Å². The van der Waals surface area contributed by atoms with Crippen molar-refractivity contribution in [1.29, 1.82) is 0 Å². The first-order valence-electron chi connectivity index (χ1n) is 8.34. The number of para-hydroxylation sites is 1. The fourth-order valence-corrected chi connectivity index (χ4v) is 3.79. The lowest BCUT2D eigenvalue weighted by atomic mass is 10.0. The summed E-state index contributed by atoms with van der Waals surface area (Å²) in [7, 11) is 1.57. The van der Waals surface area contributed by atoms with Crippen LogP contribution in [0, 0.1) is 0 Å². The second kappa shape index (κ2) is 7.00. The maximum atomic E-state index is 13.1. The fourth-order valence-electron chi connectivity index (χ4n) is 3.39. The molecule has 7 heteroatoms.